The van der Waals surface area contributed by atoms with E-state index in [0.29, 0.717) is 11.3 Å². The van der Waals surface area contributed by atoms with E-state index in [2.05, 4.69) is 19.9 Å². The van der Waals surface area contributed by atoms with Gasteiger partial charge in [0.1, 0.15) is 12.0 Å². The largest absolute Gasteiger partial charge is 0.377 e. The zero-order valence-corrected chi connectivity index (χ0v) is 10.6. The van der Waals surface area contributed by atoms with Crippen molar-refractivity contribution in [2.45, 2.75) is 13.8 Å². The molecule has 2 rings (SSSR count). The number of nitrogens with one attached hydrogen (secondary N) is 1. The fraction of sp³-hybridized carbons (Fsp3) is 0.308. The van der Waals surface area contributed by atoms with Crippen molar-refractivity contribution >= 4 is 22.9 Å². The maximum Gasteiger partial charge on any atom is 0.153 e. The molecule has 0 unspecified atom stereocenters. The lowest BCUT2D eigenvalue weighted by molar-refractivity contribution is -0.103. The van der Waals surface area contributed by atoms with Crippen LogP contribution in [0.1, 0.15) is 19.5 Å². The first-order valence-electron chi connectivity index (χ1n) is 5.99. The zero-order chi connectivity index (χ0) is 13.0. The Morgan fingerprint density at radius 2 is 2.17 bits per heavy atom. The minimum Gasteiger partial charge on any atom is -0.377 e. The Morgan fingerprint density at radius 1 is 1.39 bits per heavy atom. The summed E-state index contributed by atoms with van der Waals surface area (Å²) in [7, 11) is 0. The van der Waals surface area contributed by atoms with Crippen molar-refractivity contribution in [3.05, 3.63) is 30.5 Å². The van der Waals surface area contributed by atoms with E-state index in [9.17, 15) is 4.79 Å². The second-order valence-corrected chi connectivity index (χ2v) is 3.89. The summed E-state index contributed by atoms with van der Waals surface area (Å²) in [5.74, 6) is 0. The minimum absolute atomic E-state index is 0.575. The van der Waals surface area contributed by atoms with Crippen LogP contribution >= 0.6 is 0 Å². The van der Waals surface area contributed by atoms with Crippen molar-refractivity contribution in [1.29, 1.82) is 0 Å². The molecule has 0 spiro atoms. The van der Waals surface area contributed by atoms with Crippen molar-refractivity contribution in [2.24, 2.45) is 0 Å². The lowest BCUT2D eigenvalue weighted by Crippen LogP contribution is -2.16. The monoisotopic (exact) mass is 244 g/mol. The van der Waals surface area contributed by atoms with Crippen LogP contribution in [0.4, 0.5) is 0 Å². The SMILES string of the molecule is CCN(/C=C(/C=O)c1ncnc2[nH]ccc12)CC. The highest BCUT2D eigenvalue weighted by molar-refractivity contribution is 6.10. The number of fused-ring (bicyclic) bond motifs is 1. The number of carbonyl (C=O) groups excluding carboxylic acids is 1. The average Bonchev–Trinajstić information content (AvgIpc) is 2.89. The third-order valence-electron chi connectivity index (χ3n) is 2.89. The minimum atomic E-state index is 0.575. The van der Waals surface area contributed by atoms with Gasteiger partial charge in [-0.05, 0) is 19.9 Å². The van der Waals surface area contributed by atoms with Crippen molar-refractivity contribution in [3.63, 3.8) is 0 Å². The van der Waals surface area contributed by atoms with Crippen molar-refractivity contribution in [3.8, 4) is 0 Å². The molecular weight excluding hydrogens is 228 g/mol. The van der Waals surface area contributed by atoms with Crippen LogP contribution < -0.4 is 0 Å². The standard InChI is InChI=1S/C13H16N4O/c1-3-17(4-2)7-10(8-18)12-11-5-6-14-13(11)16-9-15-12/h5-9H,3-4H2,1-2H3,(H,14,15,16)/b10-7-. The van der Waals surface area contributed by atoms with Gasteiger partial charge >= 0.3 is 0 Å². The molecule has 0 fully saturated rings. The van der Waals surface area contributed by atoms with Gasteiger partial charge in [0, 0.05) is 30.9 Å². The first-order chi connectivity index (χ1) is 8.80. The molecule has 2 aromatic heterocycles. The number of aromatic amines is 1. The smallest absolute Gasteiger partial charge is 0.153 e. The Kier molecular flexibility index (Phi) is 3.72. The molecule has 2 heterocycles. The van der Waals surface area contributed by atoms with Crippen LogP contribution in [-0.2, 0) is 4.79 Å². The van der Waals surface area contributed by atoms with E-state index < -0.39 is 0 Å². The molecule has 94 valence electrons. The van der Waals surface area contributed by atoms with Crippen LogP contribution in [0.15, 0.2) is 24.8 Å². The second kappa shape index (κ2) is 5.44. The number of nitrogens with zero attached hydrogens (tertiary/aromatic N) is 3. The Hall–Kier alpha value is -2.17. The van der Waals surface area contributed by atoms with Crippen LogP contribution in [0.25, 0.3) is 16.6 Å². The number of aromatic nitrogens is 3. The summed E-state index contributed by atoms with van der Waals surface area (Å²) in [6.07, 6.45) is 5.95. The molecule has 0 aliphatic rings. The predicted molar refractivity (Wildman–Crippen MR) is 70.9 cm³/mol. The number of hydrogen-bond acceptors (Lipinski definition) is 4. The van der Waals surface area contributed by atoms with Gasteiger partial charge < -0.3 is 9.88 Å². The van der Waals surface area contributed by atoms with Gasteiger partial charge in [-0.1, -0.05) is 0 Å². The Labute approximate surface area is 106 Å². The molecule has 0 radical (unpaired) electrons. The number of aldehydes is 1. The van der Waals surface area contributed by atoms with Gasteiger partial charge in [0.15, 0.2) is 6.29 Å². The number of rotatable bonds is 5. The van der Waals surface area contributed by atoms with E-state index in [-0.39, 0.29) is 0 Å². The highest BCUT2D eigenvalue weighted by Crippen LogP contribution is 2.19. The molecule has 0 aliphatic carbocycles. The molecule has 1 N–H and O–H groups in total. The van der Waals surface area contributed by atoms with Gasteiger partial charge in [0.25, 0.3) is 0 Å². The molecule has 0 saturated carbocycles. The fourth-order valence-corrected chi connectivity index (χ4v) is 1.85. The Bertz CT molecular complexity index is 569. The lowest BCUT2D eigenvalue weighted by atomic mass is 10.1. The van der Waals surface area contributed by atoms with E-state index in [1.54, 1.807) is 6.20 Å². The zero-order valence-electron chi connectivity index (χ0n) is 10.6. The summed E-state index contributed by atoms with van der Waals surface area (Å²) in [6, 6.07) is 1.88. The third-order valence-corrected chi connectivity index (χ3v) is 2.89. The fourth-order valence-electron chi connectivity index (χ4n) is 1.85. The first kappa shape index (κ1) is 12.3. The molecule has 0 amide bonds. The normalized spacial score (nSPS) is 11.8. The molecule has 0 saturated heterocycles. The molecule has 5 heteroatoms. The predicted octanol–water partition coefficient (Wildman–Crippen LogP) is 1.84. The van der Waals surface area contributed by atoms with E-state index in [0.717, 1.165) is 30.4 Å². The number of H-pyrrole nitrogens is 1. The van der Waals surface area contributed by atoms with E-state index in [4.69, 9.17) is 0 Å². The Balaban J connectivity index is 2.50. The van der Waals surface area contributed by atoms with Crippen molar-refractivity contribution in [2.75, 3.05) is 13.1 Å². The molecule has 2 aromatic rings. The van der Waals surface area contributed by atoms with Crippen LogP contribution in [0.2, 0.25) is 0 Å². The quantitative estimate of drug-likeness (QED) is 0.644. The third kappa shape index (κ3) is 2.25. The van der Waals surface area contributed by atoms with Crippen LogP contribution in [0.3, 0.4) is 0 Å². The van der Waals surface area contributed by atoms with Crippen LogP contribution in [0, 0.1) is 0 Å². The van der Waals surface area contributed by atoms with Gasteiger partial charge in [-0.2, -0.15) is 0 Å². The van der Waals surface area contributed by atoms with E-state index in [1.807, 2.05) is 26.1 Å². The van der Waals surface area contributed by atoms with Crippen LogP contribution in [-0.4, -0.2) is 39.2 Å². The number of allylic oxidation sites excluding steroid dienone is 1. The molecule has 0 atom stereocenters. The van der Waals surface area contributed by atoms with E-state index >= 15 is 0 Å². The second-order valence-electron chi connectivity index (χ2n) is 3.89. The van der Waals surface area contributed by atoms with Crippen molar-refractivity contribution in [1.82, 2.24) is 19.9 Å². The molecule has 5 nitrogen and oxygen atoms in total. The molecular formula is C13H16N4O. The van der Waals surface area contributed by atoms with E-state index in [1.165, 1.54) is 6.33 Å². The van der Waals surface area contributed by atoms with Gasteiger partial charge in [0.05, 0.1) is 11.3 Å². The maximum atomic E-state index is 11.3. The molecule has 0 aromatic carbocycles. The molecule has 18 heavy (non-hydrogen) atoms. The van der Waals surface area contributed by atoms with Crippen LogP contribution in [0.5, 0.6) is 0 Å². The average molecular weight is 244 g/mol. The van der Waals surface area contributed by atoms with Gasteiger partial charge in [-0.15, -0.1) is 0 Å². The Morgan fingerprint density at radius 3 is 2.83 bits per heavy atom. The molecule has 0 aliphatic heterocycles. The summed E-state index contributed by atoms with van der Waals surface area (Å²) in [4.78, 5) is 24.7. The summed E-state index contributed by atoms with van der Waals surface area (Å²) >= 11 is 0. The van der Waals surface area contributed by atoms with Gasteiger partial charge in [0.2, 0.25) is 0 Å². The van der Waals surface area contributed by atoms with Gasteiger partial charge in [-0.25, -0.2) is 9.97 Å². The number of carbonyl (C=O) groups is 1. The summed E-state index contributed by atoms with van der Waals surface area (Å²) in [5, 5.41) is 0.864. The topological polar surface area (TPSA) is 61.9 Å². The highest BCUT2D eigenvalue weighted by Gasteiger charge is 2.10. The highest BCUT2D eigenvalue weighted by atomic mass is 16.1. The first-order valence-corrected chi connectivity index (χ1v) is 5.99. The number of hydrogen-bond donors (Lipinski definition) is 1. The van der Waals surface area contributed by atoms with Gasteiger partial charge in [-0.3, -0.25) is 4.79 Å². The summed E-state index contributed by atoms with van der Waals surface area (Å²) in [5.41, 5.74) is 1.99. The summed E-state index contributed by atoms with van der Waals surface area (Å²) in [6.45, 7) is 5.81. The molecule has 0 bridgehead atoms. The lowest BCUT2D eigenvalue weighted by Gasteiger charge is -2.16. The maximum absolute atomic E-state index is 11.3. The van der Waals surface area contributed by atoms with Crippen molar-refractivity contribution < 1.29 is 4.79 Å². The summed E-state index contributed by atoms with van der Waals surface area (Å²) < 4.78 is 0.